The Labute approximate surface area is 162 Å². The van der Waals surface area contributed by atoms with Gasteiger partial charge in [0.2, 0.25) is 5.91 Å². The molecule has 1 fully saturated rings. The Morgan fingerprint density at radius 1 is 1.14 bits per heavy atom. The molecule has 28 heavy (non-hydrogen) atoms. The number of carbonyl (C=O) groups is 1. The maximum atomic E-state index is 13.0. The van der Waals surface area contributed by atoms with Gasteiger partial charge < -0.3 is 10.2 Å². The normalized spacial score (nSPS) is 14.6. The van der Waals surface area contributed by atoms with Crippen LogP contribution in [0.25, 0.3) is 10.9 Å². The van der Waals surface area contributed by atoms with Crippen molar-refractivity contribution in [3.05, 3.63) is 66.1 Å². The van der Waals surface area contributed by atoms with E-state index in [-0.39, 0.29) is 17.6 Å². The van der Waals surface area contributed by atoms with Crippen LogP contribution in [0, 0.1) is 23.1 Å². The van der Waals surface area contributed by atoms with Crippen LogP contribution in [0.15, 0.2) is 54.7 Å². The number of anilines is 2. The van der Waals surface area contributed by atoms with Crippen molar-refractivity contribution in [1.29, 1.82) is 5.26 Å². The first-order valence-electron chi connectivity index (χ1n) is 9.25. The van der Waals surface area contributed by atoms with Crippen LogP contribution in [0.1, 0.15) is 18.4 Å². The molecular weight excluding hydrogens is 355 g/mol. The van der Waals surface area contributed by atoms with E-state index in [9.17, 15) is 14.4 Å². The first-order chi connectivity index (χ1) is 13.7. The van der Waals surface area contributed by atoms with Crippen molar-refractivity contribution in [2.24, 2.45) is 5.92 Å². The molecule has 2 heterocycles. The summed E-state index contributed by atoms with van der Waals surface area (Å²) in [5.74, 6) is -0.490. The number of piperidine rings is 1. The number of nitrogens with one attached hydrogen (secondary N) is 1. The number of hydrogen-bond acceptors (Lipinski definition) is 4. The summed E-state index contributed by atoms with van der Waals surface area (Å²) in [6.07, 6.45) is 2.99. The summed E-state index contributed by atoms with van der Waals surface area (Å²) in [6.45, 7) is 1.37. The predicted octanol–water partition coefficient (Wildman–Crippen LogP) is 4.10. The van der Waals surface area contributed by atoms with Crippen molar-refractivity contribution in [3.8, 4) is 6.07 Å². The fraction of sp³-hybridized carbons (Fsp3) is 0.227. The van der Waals surface area contributed by atoms with Gasteiger partial charge in [0, 0.05) is 36.3 Å². The molecule has 0 unspecified atom stereocenters. The van der Waals surface area contributed by atoms with Gasteiger partial charge in [0.05, 0.1) is 16.8 Å². The molecule has 0 radical (unpaired) electrons. The SMILES string of the molecule is N#Cc1cnc2ccccc2c1N1CCC(C(=O)Nc2ccc(F)cc2)CC1. The van der Waals surface area contributed by atoms with Gasteiger partial charge in [0.25, 0.3) is 0 Å². The van der Waals surface area contributed by atoms with E-state index in [2.05, 4.69) is 21.3 Å². The number of aromatic nitrogens is 1. The summed E-state index contributed by atoms with van der Waals surface area (Å²) >= 11 is 0. The van der Waals surface area contributed by atoms with Gasteiger partial charge >= 0.3 is 0 Å². The average Bonchev–Trinajstić information content (AvgIpc) is 2.74. The summed E-state index contributed by atoms with van der Waals surface area (Å²) < 4.78 is 13.0. The molecule has 6 heteroatoms. The third-order valence-corrected chi connectivity index (χ3v) is 5.16. The van der Waals surface area contributed by atoms with Gasteiger partial charge in [0.1, 0.15) is 11.9 Å². The molecule has 4 rings (SSSR count). The second kappa shape index (κ2) is 7.65. The second-order valence-corrected chi connectivity index (χ2v) is 6.91. The number of halogens is 1. The van der Waals surface area contributed by atoms with Crippen molar-refractivity contribution in [2.45, 2.75) is 12.8 Å². The third kappa shape index (κ3) is 3.52. The van der Waals surface area contributed by atoms with E-state index in [1.807, 2.05) is 24.3 Å². The van der Waals surface area contributed by atoms with Crippen LogP contribution in [-0.2, 0) is 4.79 Å². The van der Waals surface area contributed by atoms with Crippen LogP contribution in [0.4, 0.5) is 15.8 Å². The zero-order chi connectivity index (χ0) is 19.5. The number of hydrogen-bond donors (Lipinski definition) is 1. The molecule has 1 aromatic heterocycles. The van der Waals surface area contributed by atoms with Gasteiger partial charge in [-0.05, 0) is 43.2 Å². The summed E-state index contributed by atoms with van der Waals surface area (Å²) in [5, 5.41) is 13.3. The van der Waals surface area contributed by atoms with Crippen LogP contribution in [0.3, 0.4) is 0 Å². The van der Waals surface area contributed by atoms with E-state index in [1.54, 1.807) is 18.3 Å². The number of nitrogens with zero attached hydrogens (tertiary/aromatic N) is 3. The molecule has 5 nitrogen and oxygen atoms in total. The molecule has 140 valence electrons. The highest BCUT2D eigenvalue weighted by atomic mass is 19.1. The van der Waals surface area contributed by atoms with Crippen LogP contribution < -0.4 is 10.2 Å². The summed E-state index contributed by atoms with van der Waals surface area (Å²) in [7, 11) is 0. The Hall–Kier alpha value is -3.46. The monoisotopic (exact) mass is 374 g/mol. The van der Waals surface area contributed by atoms with Gasteiger partial charge in [0.15, 0.2) is 0 Å². The lowest BCUT2D eigenvalue weighted by Crippen LogP contribution is -2.38. The molecule has 1 aliphatic heterocycles. The van der Waals surface area contributed by atoms with Crippen molar-refractivity contribution < 1.29 is 9.18 Å². The Balaban J connectivity index is 1.49. The largest absolute Gasteiger partial charge is 0.370 e. The fourth-order valence-corrected chi connectivity index (χ4v) is 3.69. The molecule has 1 amide bonds. The Morgan fingerprint density at radius 3 is 2.57 bits per heavy atom. The molecule has 1 aliphatic rings. The number of nitriles is 1. The third-order valence-electron chi connectivity index (χ3n) is 5.16. The highest BCUT2D eigenvalue weighted by molar-refractivity contribution is 5.95. The second-order valence-electron chi connectivity index (χ2n) is 6.91. The number of carbonyl (C=O) groups excluding carboxylic acids is 1. The number of para-hydroxylation sites is 1. The van der Waals surface area contributed by atoms with Crippen molar-refractivity contribution >= 4 is 28.2 Å². The van der Waals surface area contributed by atoms with Gasteiger partial charge in [-0.25, -0.2) is 4.39 Å². The van der Waals surface area contributed by atoms with E-state index >= 15 is 0 Å². The number of pyridine rings is 1. The van der Waals surface area contributed by atoms with Crippen LogP contribution in [0.2, 0.25) is 0 Å². The zero-order valence-electron chi connectivity index (χ0n) is 15.2. The zero-order valence-corrected chi connectivity index (χ0v) is 15.2. The minimum atomic E-state index is -0.329. The van der Waals surface area contributed by atoms with Gasteiger partial charge in [-0.15, -0.1) is 0 Å². The Kier molecular flexibility index (Phi) is 4.90. The first kappa shape index (κ1) is 17.9. The smallest absolute Gasteiger partial charge is 0.227 e. The van der Waals surface area contributed by atoms with Crippen molar-refractivity contribution in [2.75, 3.05) is 23.3 Å². The molecule has 2 aromatic carbocycles. The number of rotatable bonds is 3. The molecule has 1 saturated heterocycles. The highest BCUT2D eigenvalue weighted by Crippen LogP contribution is 2.32. The van der Waals surface area contributed by atoms with Crippen LogP contribution >= 0.6 is 0 Å². The maximum Gasteiger partial charge on any atom is 0.227 e. The van der Waals surface area contributed by atoms with Crippen LogP contribution in [0.5, 0.6) is 0 Å². The Morgan fingerprint density at radius 2 is 1.86 bits per heavy atom. The quantitative estimate of drug-likeness (QED) is 0.749. The molecule has 0 bridgehead atoms. The van der Waals surface area contributed by atoms with E-state index < -0.39 is 0 Å². The van der Waals surface area contributed by atoms with Gasteiger partial charge in [-0.1, -0.05) is 18.2 Å². The fourth-order valence-electron chi connectivity index (χ4n) is 3.69. The molecule has 3 aromatic rings. The summed E-state index contributed by atoms with van der Waals surface area (Å²) in [6, 6.07) is 15.8. The molecule has 0 aliphatic carbocycles. The van der Waals surface area contributed by atoms with Gasteiger partial charge in [-0.3, -0.25) is 9.78 Å². The molecular formula is C22H19FN4O. The van der Waals surface area contributed by atoms with E-state index in [0.29, 0.717) is 37.2 Å². The molecule has 1 N–H and O–H groups in total. The number of amides is 1. The Bertz CT molecular complexity index is 1050. The summed E-state index contributed by atoms with van der Waals surface area (Å²) in [4.78, 5) is 19.1. The molecule has 0 atom stereocenters. The standard InChI is InChI=1S/C22H19FN4O/c23-17-5-7-18(8-6-17)26-22(28)15-9-11-27(12-10-15)21-16(13-24)14-25-20-4-2-1-3-19(20)21/h1-8,14-15H,9-12H2,(H,26,28). The minimum Gasteiger partial charge on any atom is -0.370 e. The number of fused-ring (bicyclic) bond motifs is 1. The highest BCUT2D eigenvalue weighted by Gasteiger charge is 2.27. The average molecular weight is 374 g/mol. The lowest BCUT2D eigenvalue weighted by molar-refractivity contribution is -0.120. The van der Waals surface area contributed by atoms with E-state index in [1.165, 1.54) is 12.1 Å². The van der Waals surface area contributed by atoms with Crippen molar-refractivity contribution in [1.82, 2.24) is 4.98 Å². The molecule has 0 saturated carbocycles. The van der Waals surface area contributed by atoms with E-state index in [4.69, 9.17) is 0 Å². The maximum absolute atomic E-state index is 13.0. The number of benzene rings is 2. The summed E-state index contributed by atoms with van der Waals surface area (Å²) in [5.41, 5.74) is 2.90. The molecule has 0 spiro atoms. The van der Waals surface area contributed by atoms with Crippen LogP contribution in [-0.4, -0.2) is 24.0 Å². The topological polar surface area (TPSA) is 69.0 Å². The first-order valence-corrected chi connectivity index (χ1v) is 9.25. The lowest BCUT2D eigenvalue weighted by atomic mass is 9.94. The minimum absolute atomic E-state index is 0.0497. The van der Waals surface area contributed by atoms with Crippen molar-refractivity contribution in [3.63, 3.8) is 0 Å². The predicted molar refractivity (Wildman–Crippen MR) is 106 cm³/mol. The van der Waals surface area contributed by atoms with Gasteiger partial charge in [-0.2, -0.15) is 5.26 Å². The lowest BCUT2D eigenvalue weighted by Gasteiger charge is -2.34. The van der Waals surface area contributed by atoms with E-state index in [0.717, 1.165) is 16.6 Å².